The molecule has 0 saturated carbocycles. The van der Waals surface area contributed by atoms with E-state index in [1.807, 2.05) is 48.0 Å². The average molecular weight is 348 g/mol. The summed E-state index contributed by atoms with van der Waals surface area (Å²) < 4.78 is 2.02. The summed E-state index contributed by atoms with van der Waals surface area (Å²) in [5.41, 5.74) is 5.36. The van der Waals surface area contributed by atoms with Crippen LogP contribution in [0.3, 0.4) is 0 Å². The molecule has 2 aromatic carbocycles. The van der Waals surface area contributed by atoms with Crippen molar-refractivity contribution in [3.8, 4) is 0 Å². The zero-order valence-corrected chi connectivity index (χ0v) is 15.2. The third-order valence-electron chi connectivity index (χ3n) is 4.35. The summed E-state index contributed by atoms with van der Waals surface area (Å²) in [6, 6.07) is 14.1. The fourth-order valence-electron chi connectivity index (χ4n) is 2.97. The molecule has 5 heteroatoms. The zero-order valence-electron chi connectivity index (χ0n) is 15.2. The number of anilines is 1. The highest BCUT2D eigenvalue weighted by atomic mass is 16.2. The molecular weight excluding hydrogens is 324 g/mol. The fraction of sp³-hybridized carbons (Fsp3) is 0.238. The van der Waals surface area contributed by atoms with Crippen LogP contribution in [0.1, 0.15) is 29.2 Å². The van der Waals surface area contributed by atoms with Gasteiger partial charge in [-0.25, -0.2) is 9.78 Å². The van der Waals surface area contributed by atoms with Crippen LogP contribution >= 0.6 is 0 Å². The van der Waals surface area contributed by atoms with E-state index >= 15 is 0 Å². The number of nitrogens with one attached hydrogen (secondary N) is 2. The van der Waals surface area contributed by atoms with Crippen LogP contribution in [0.2, 0.25) is 0 Å². The van der Waals surface area contributed by atoms with Crippen molar-refractivity contribution in [1.29, 1.82) is 0 Å². The van der Waals surface area contributed by atoms with Gasteiger partial charge in [0, 0.05) is 31.2 Å². The van der Waals surface area contributed by atoms with Crippen molar-refractivity contribution in [2.45, 2.75) is 33.4 Å². The van der Waals surface area contributed by atoms with E-state index < -0.39 is 0 Å². The first-order chi connectivity index (χ1) is 12.7. The summed E-state index contributed by atoms with van der Waals surface area (Å²) in [6.45, 7) is 5.35. The van der Waals surface area contributed by atoms with Gasteiger partial charge in [-0.2, -0.15) is 0 Å². The number of carbonyl (C=O) groups is 1. The van der Waals surface area contributed by atoms with Gasteiger partial charge in [0.05, 0.1) is 6.33 Å². The summed E-state index contributed by atoms with van der Waals surface area (Å²) in [7, 11) is 0. The average Bonchev–Trinajstić information content (AvgIpc) is 3.15. The Hall–Kier alpha value is -3.08. The number of nitrogens with zero attached hydrogens (tertiary/aromatic N) is 2. The van der Waals surface area contributed by atoms with Crippen molar-refractivity contribution in [2.75, 3.05) is 5.32 Å². The molecule has 1 heterocycles. The highest BCUT2D eigenvalue weighted by Crippen LogP contribution is 2.20. The molecule has 0 bridgehead atoms. The Labute approximate surface area is 154 Å². The van der Waals surface area contributed by atoms with Crippen LogP contribution < -0.4 is 10.6 Å². The van der Waals surface area contributed by atoms with Gasteiger partial charge < -0.3 is 15.2 Å². The number of para-hydroxylation sites is 1. The second-order valence-corrected chi connectivity index (χ2v) is 6.33. The van der Waals surface area contributed by atoms with Crippen molar-refractivity contribution in [1.82, 2.24) is 14.9 Å². The second kappa shape index (κ2) is 8.34. The number of amides is 2. The monoisotopic (exact) mass is 348 g/mol. The first-order valence-electron chi connectivity index (χ1n) is 8.82. The van der Waals surface area contributed by atoms with Crippen molar-refractivity contribution >= 4 is 11.7 Å². The van der Waals surface area contributed by atoms with Gasteiger partial charge >= 0.3 is 6.03 Å². The molecular formula is C21H24N4O. The highest BCUT2D eigenvalue weighted by Gasteiger charge is 2.08. The van der Waals surface area contributed by atoms with Gasteiger partial charge in [0.25, 0.3) is 0 Å². The van der Waals surface area contributed by atoms with Crippen LogP contribution in [0.25, 0.3) is 0 Å². The molecule has 5 nitrogen and oxygen atoms in total. The Morgan fingerprint density at radius 1 is 1.15 bits per heavy atom. The standard InChI is InChI=1S/C21H24N4O/c1-3-19-9-4-6-16(2)20(19)24-21(26)23-13-17-7-5-8-18(12-17)14-25-11-10-22-15-25/h4-12,15H,3,13-14H2,1-2H3,(H2,23,24,26). The smallest absolute Gasteiger partial charge is 0.319 e. The SMILES string of the molecule is CCc1cccc(C)c1NC(=O)NCc1cccc(Cn2ccnc2)c1. The Morgan fingerprint density at radius 2 is 1.96 bits per heavy atom. The molecule has 26 heavy (non-hydrogen) atoms. The normalized spacial score (nSPS) is 10.5. The Bertz CT molecular complexity index is 871. The molecule has 3 aromatic rings. The summed E-state index contributed by atoms with van der Waals surface area (Å²) in [6.07, 6.45) is 6.39. The molecule has 134 valence electrons. The van der Waals surface area contributed by atoms with E-state index in [4.69, 9.17) is 0 Å². The maximum absolute atomic E-state index is 12.3. The molecule has 0 aliphatic carbocycles. The van der Waals surface area contributed by atoms with Crippen LogP contribution in [0.4, 0.5) is 10.5 Å². The topological polar surface area (TPSA) is 59.0 Å². The lowest BCUT2D eigenvalue weighted by Crippen LogP contribution is -2.29. The van der Waals surface area contributed by atoms with E-state index in [0.29, 0.717) is 6.54 Å². The number of hydrogen-bond acceptors (Lipinski definition) is 2. The van der Waals surface area contributed by atoms with E-state index in [9.17, 15) is 4.79 Å². The first-order valence-corrected chi connectivity index (χ1v) is 8.82. The minimum Gasteiger partial charge on any atom is -0.334 e. The molecule has 0 atom stereocenters. The molecule has 0 spiro atoms. The molecule has 2 amide bonds. The van der Waals surface area contributed by atoms with Crippen LogP contribution in [-0.2, 0) is 19.5 Å². The molecule has 0 fully saturated rings. The number of urea groups is 1. The van der Waals surface area contributed by atoms with E-state index in [-0.39, 0.29) is 6.03 Å². The predicted octanol–water partition coefficient (Wildman–Crippen LogP) is 4.12. The lowest BCUT2D eigenvalue weighted by atomic mass is 10.1. The third kappa shape index (κ3) is 4.51. The van der Waals surface area contributed by atoms with Crippen molar-refractivity contribution in [3.05, 3.63) is 83.4 Å². The van der Waals surface area contributed by atoms with E-state index in [1.54, 1.807) is 12.5 Å². The molecule has 0 saturated heterocycles. The molecule has 0 unspecified atom stereocenters. The second-order valence-electron chi connectivity index (χ2n) is 6.33. The Kier molecular flexibility index (Phi) is 5.69. The number of rotatable bonds is 6. The fourth-order valence-corrected chi connectivity index (χ4v) is 2.97. The zero-order chi connectivity index (χ0) is 18.4. The third-order valence-corrected chi connectivity index (χ3v) is 4.35. The maximum atomic E-state index is 12.3. The number of hydrogen-bond donors (Lipinski definition) is 2. The van der Waals surface area contributed by atoms with Gasteiger partial charge in [-0.1, -0.05) is 49.4 Å². The largest absolute Gasteiger partial charge is 0.334 e. The summed E-state index contributed by atoms with van der Waals surface area (Å²) >= 11 is 0. The van der Waals surface area contributed by atoms with Crippen molar-refractivity contribution < 1.29 is 4.79 Å². The molecule has 0 radical (unpaired) electrons. The molecule has 0 aliphatic heterocycles. The van der Waals surface area contributed by atoms with Crippen LogP contribution in [-0.4, -0.2) is 15.6 Å². The van der Waals surface area contributed by atoms with Gasteiger partial charge in [-0.3, -0.25) is 0 Å². The minimum atomic E-state index is -0.186. The molecule has 2 N–H and O–H groups in total. The van der Waals surface area contributed by atoms with Gasteiger partial charge in [0.1, 0.15) is 0 Å². The molecule has 0 aliphatic rings. The molecule has 1 aromatic heterocycles. The quantitative estimate of drug-likeness (QED) is 0.704. The van der Waals surface area contributed by atoms with Gasteiger partial charge in [0.15, 0.2) is 0 Å². The first kappa shape index (κ1) is 17.7. The lowest BCUT2D eigenvalue weighted by Gasteiger charge is -2.14. The summed E-state index contributed by atoms with van der Waals surface area (Å²) in [5.74, 6) is 0. The van der Waals surface area contributed by atoms with Gasteiger partial charge in [0.2, 0.25) is 0 Å². The number of benzene rings is 2. The summed E-state index contributed by atoms with van der Waals surface area (Å²) in [4.78, 5) is 16.4. The van der Waals surface area contributed by atoms with E-state index in [0.717, 1.165) is 35.3 Å². The number of imidazole rings is 1. The van der Waals surface area contributed by atoms with Crippen LogP contribution in [0.5, 0.6) is 0 Å². The van der Waals surface area contributed by atoms with E-state index in [2.05, 4.69) is 34.7 Å². The van der Waals surface area contributed by atoms with Crippen molar-refractivity contribution in [2.24, 2.45) is 0 Å². The predicted molar refractivity (Wildman–Crippen MR) is 104 cm³/mol. The minimum absolute atomic E-state index is 0.186. The van der Waals surface area contributed by atoms with Crippen molar-refractivity contribution in [3.63, 3.8) is 0 Å². The highest BCUT2D eigenvalue weighted by molar-refractivity contribution is 5.91. The molecule has 3 rings (SSSR count). The van der Waals surface area contributed by atoms with E-state index in [1.165, 1.54) is 5.56 Å². The lowest BCUT2D eigenvalue weighted by molar-refractivity contribution is 0.251. The maximum Gasteiger partial charge on any atom is 0.319 e. The van der Waals surface area contributed by atoms with Crippen LogP contribution in [0.15, 0.2) is 61.2 Å². The van der Waals surface area contributed by atoms with Gasteiger partial charge in [-0.05, 0) is 35.6 Å². The summed E-state index contributed by atoms with van der Waals surface area (Å²) in [5, 5.41) is 5.93. The number of aromatic nitrogens is 2. The Balaban J connectivity index is 1.60. The Morgan fingerprint density at radius 3 is 2.73 bits per heavy atom. The number of aryl methyl sites for hydroxylation is 2. The van der Waals surface area contributed by atoms with Crippen LogP contribution in [0, 0.1) is 6.92 Å². The number of carbonyl (C=O) groups excluding carboxylic acids is 1. The van der Waals surface area contributed by atoms with Gasteiger partial charge in [-0.15, -0.1) is 0 Å².